The first-order chi connectivity index (χ1) is 13.7. The monoisotopic (exact) mass is 371 g/mol. The molecule has 0 saturated carbocycles. The van der Waals surface area contributed by atoms with Gasteiger partial charge in [0.2, 0.25) is 0 Å². The summed E-state index contributed by atoms with van der Waals surface area (Å²) in [6.45, 7) is 0.649. The molecule has 0 aliphatic heterocycles. The van der Waals surface area contributed by atoms with Crippen LogP contribution in [0.5, 0.6) is 0 Å². The normalized spacial score (nSPS) is 10.7. The smallest absolute Gasteiger partial charge is 0.277 e. The molecule has 0 fully saturated rings. The first-order valence-corrected chi connectivity index (χ1v) is 8.80. The Hall–Kier alpha value is -3.87. The van der Waals surface area contributed by atoms with Gasteiger partial charge in [-0.2, -0.15) is 0 Å². The van der Waals surface area contributed by atoms with Crippen molar-refractivity contribution in [3.8, 4) is 0 Å². The summed E-state index contributed by atoms with van der Waals surface area (Å²) in [5.74, 6) is -0.181. The van der Waals surface area contributed by atoms with Crippen LogP contribution in [0.3, 0.4) is 0 Å². The molecule has 2 aromatic carbocycles. The molecule has 2 aromatic heterocycles. The zero-order valence-electron chi connectivity index (χ0n) is 14.9. The lowest BCUT2D eigenvalue weighted by atomic mass is 10.1. The van der Waals surface area contributed by atoms with E-state index in [4.69, 9.17) is 0 Å². The summed E-state index contributed by atoms with van der Waals surface area (Å²) in [7, 11) is 0. The standard InChI is InChI=1S/C21H17N5O2/c27-20(23-13-17-5-3-4-12-22-17)16-10-8-15(9-11-16)14-26-21(28)18-6-1-2-7-19(18)24-25-26/h1-12H,13-14H2,(H,23,27). The van der Waals surface area contributed by atoms with E-state index in [-0.39, 0.29) is 18.0 Å². The lowest BCUT2D eigenvalue weighted by Gasteiger charge is -2.07. The lowest BCUT2D eigenvalue weighted by Crippen LogP contribution is -2.25. The molecule has 28 heavy (non-hydrogen) atoms. The number of hydrogen-bond donors (Lipinski definition) is 1. The highest BCUT2D eigenvalue weighted by molar-refractivity contribution is 5.94. The fourth-order valence-electron chi connectivity index (χ4n) is 2.84. The van der Waals surface area contributed by atoms with Gasteiger partial charge in [-0.25, -0.2) is 4.68 Å². The lowest BCUT2D eigenvalue weighted by molar-refractivity contribution is 0.0950. The number of pyridine rings is 1. The van der Waals surface area contributed by atoms with Gasteiger partial charge in [0.1, 0.15) is 5.52 Å². The van der Waals surface area contributed by atoms with Crippen LogP contribution in [0.2, 0.25) is 0 Å². The second-order valence-corrected chi connectivity index (χ2v) is 6.27. The molecule has 0 atom stereocenters. The van der Waals surface area contributed by atoms with Crippen molar-refractivity contribution in [2.24, 2.45) is 0 Å². The fourth-order valence-corrected chi connectivity index (χ4v) is 2.84. The molecule has 1 amide bonds. The molecule has 0 aliphatic carbocycles. The summed E-state index contributed by atoms with van der Waals surface area (Å²) in [5, 5.41) is 11.4. The van der Waals surface area contributed by atoms with Crippen molar-refractivity contribution >= 4 is 16.8 Å². The number of benzene rings is 2. The van der Waals surface area contributed by atoms with E-state index in [0.717, 1.165) is 11.3 Å². The molecule has 0 radical (unpaired) electrons. The fraction of sp³-hybridized carbons (Fsp3) is 0.0952. The van der Waals surface area contributed by atoms with E-state index in [1.807, 2.05) is 24.3 Å². The maximum Gasteiger partial charge on any atom is 0.277 e. The molecule has 1 N–H and O–H groups in total. The minimum atomic E-state index is -0.192. The summed E-state index contributed by atoms with van der Waals surface area (Å²) in [4.78, 5) is 29.0. The Balaban J connectivity index is 1.45. The van der Waals surface area contributed by atoms with Crippen LogP contribution in [0.15, 0.2) is 77.7 Å². The minimum absolute atomic E-state index is 0.181. The van der Waals surface area contributed by atoms with Gasteiger partial charge in [-0.1, -0.05) is 35.5 Å². The number of rotatable bonds is 5. The van der Waals surface area contributed by atoms with Crippen molar-refractivity contribution in [2.45, 2.75) is 13.1 Å². The zero-order chi connectivity index (χ0) is 19.3. The Kier molecular flexibility index (Phi) is 4.88. The Morgan fingerprint density at radius 1 is 0.964 bits per heavy atom. The second-order valence-electron chi connectivity index (χ2n) is 6.27. The Morgan fingerprint density at radius 3 is 2.54 bits per heavy atom. The van der Waals surface area contributed by atoms with Gasteiger partial charge in [0.25, 0.3) is 11.5 Å². The number of amides is 1. The van der Waals surface area contributed by atoms with Crippen LogP contribution in [0.25, 0.3) is 10.9 Å². The summed E-state index contributed by atoms with van der Waals surface area (Å²) in [5.41, 5.74) is 2.57. The Labute approximate surface area is 160 Å². The number of nitrogens with zero attached hydrogens (tertiary/aromatic N) is 4. The minimum Gasteiger partial charge on any atom is -0.346 e. The van der Waals surface area contributed by atoms with Gasteiger partial charge in [-0.15, -0.1) is 5.10 Å². The summed E-state index contributed by atoms with van der Waals surface area (Å²) in [6.07, 6.45) is 1.69. The highest BCUT2D eigenvalue weighted by Crippen LogP contribution is 2.08. The molecular formula is C21H17N5O2. The number of nitrogens with one attached hydrogen (secondary N) is 1. The number of carbonyl (C=O) groups is 1. The van der Waals surface area contributed by atoms with Gasteiger partial charge in [-0.05, 0) is 42.0 Å². The predicted molar refractivity (Wildman–Crippen MR) is 105 cm³/mol. The molecule has 7 heteroatoms. The van der Waals surface area contributed by atoms with Crippen molar-refractivity contribution in [1.29, 1.82) is 0 Å². The van der Waals surface area contributed by atoms with E-state index < -0.39 is 0 Å². The predicted octanol–water partition coefficient (Wildman–Crippen LogP) is 2.16. The van der Waals surface area contributed by atoms with Crippen molar-refractivity contribution in [3.05, 3.63) is 100 Å². The summed E-state index contributed by atoms with van der Waals surface area (Å²) < 4.78 is 1.32. The molecular weight excluding hydrogens is 354 g/mol. The average Bonchev–Trinajstić information content (AvgIpc) is 2.75. The van der Waals surface area contributed by atoms with Crippen molar-refractivity contribution in [1.82, 2.24) is 25.3 Å². The maximum atomic E-state index is 12.5. The first-order valence-electron chi connectivity index (χ1n) is 8.80. The van der Waals surface area contributed by atoms with Gasteiger partial charge in [0, 0.05) is 11.8 Å². The van der Waals surface area contributed by atoms with E-state index >= 15 is 0 Å². The molecule has 4 aromatic rings. The molecule has 0 unspecified atom stereocenters. The van der Waals surface area contributed by atoms with E-state index in [1.165, 1.54) is 4.68 Å². The number of carbonyl (C=O) groups excluding carboxylic acids is 1. The Morgan fingerprint density at radius 2 is 1.75 bits per heavy atom. The summed E-state index contributed by atoms with van der Waals surface area (Å²) in [6, 6.07) is 19.7. The quantitative estimate of drug-likeness (QED) is 0.581. The highest BCUT2D eigenvalue weighted by Gasteiger charge is 2.08. The van der Waals surface area contributed by atoms with Crippen molar-refractivity contribution in [2.75, 3.05) is 0 Å². The SMILES string of the molecule is O=C(NCc1ccccn1)c1ccc(Cn2nnc3ccccc3c2=O)cc1. The molecule has 138 valence electrons. The van der Waals surface area contributed by atoms with E-state index in [0.29, 0.717) is 23.0 Å². The number of hydrogen-bond acceptors (Lipinski definition) is 5. The first kappa shape index (κ1) is 17.5. The van der Waals surface area contributed by atoms with E-state index in [9.17, 15) is 9.59 Å². The van der Waals surface area contributed by atoms with Crippen LogP contribution in [-0.4, -0.2) is 25.9 Å². The third-order valence-corrected chi connectivity index (χ3v) is 4.33. The molecule has 0 saturated heterocycles. The second kappa shape index (κ2) is 7.79. The number of aromatic nitrogens is 4. The van der Waals surface area contributed by atoms with Gasteiger partial charge in [0.15, 0.2) is 0 Å². The zero-order valence-corrected chi connectivity index (χ0v) is 14.9. The van der Waals surface area contributed by atoms with Gasteiger partial charge in [-0.3, -0.25) is 14.6 Å². The van der Waals surface area contributed by atoms with Crippen LogP contribution in [0, 0.1) is 0 Å². The van der Waals surface area contributed by atoms with Gasteiger partial charge < -0.3 is 5.32 Å². The van der Waals surface area contributed by atoms with Crippen LogP contribution in [-0.2, 0) is 13.1 Å². The van der Waals surface area contributed by atoms with Crippen LogP contribution in [0.4, 0.5) is 0 Å². The molecule has 0 bridgehead atoms. The van der Waals surface area contributed by atoms with Crippen molar-refractivity contribution in [3.63, 3.8) is 0 Å². The largest absolute Gasteiger partial charge is 0.346 e. The number of fused-ring (bicyclic) bond motifs is 1. The van der Waals surface area contributed by atoms with Crippen LogP contribution < -0.4 is 10.9 Å². The molecule has 0 aliphatic rings. The van der Waals surface area contributed by atoms with E-state index in [2.05, 4.69) is 20.6 Å². The van der Waals surface area contributed by atoms with Crippen LogP contribution in [0.1, 0.15) is 21.6 Å². The third-order valence-electron chi connectivity index (χ3n) is 4.33. The topological polar surface area (TPSA) is 89.8 Å². The average molecular weight is 371 g/mol. The molecule has 4 rings (SSSR count). The third kappa shape index (κ3) is 3.78. The maximum absolute atomic E-state index is 12.5. The molecule has 2 heterocycles. The van der Waals surface area contributed by atoms with Crippen LogP contribution >= 0.6 is 0 Å². The highest BCUT2D eigenvalue weighted by atomic mass is 16.1. The Bertz CT molecular complexity index is 1170. The van der Waals surface area contributed by atoms with Crippen molar-refractivity contribution < 1.29 is 4.79 Å². The van der Waals surface area contributed by atoms with Gasteiger partial charge in [0.05, 0.1) is 24.2 Å². The van der Waals surface area contributed by atoms with E-state index in [1.54, 1.807) is 48.7 Å². The van der Waals surface area contributed by atoms with Gasteiger partial charge >= 0.3 is 0 Å². The summed E-state index contributed by atoms with van der Waals surface area (Å²) >= 11 is 0. The molecule has 0 spiro atoms. The molecule has 7 nitrogen and oxygen atoms in total.